The summed E-state index contributed by atoms with van der Waals surface area (Å²) in [5.41, 5.74) is 2.49. The molecule has 1 saturated heterocycles. The summed E-state index contributed by atoms with van der Waals surface area (Å²) in [6.07, 6.45) is 9.07. The molecular weight excluding hydrogens is 338 g/mol. The highest BCUT2D eigenvalue weighted by molar-refractivity contribution is 7.80. The number of thiocarbonyl (C=S) groups is 1. The Kier molecular flexibility index (Phi) is 6.93. The van der Waals surface area contributed by atoms with E-state index in [1.165, 1.54) is 44.1 Å². The molecule has 2 aliphatic rings. The molecule has 2 atom stereocenters. The number of aryl methyl sites for hydroxylation is 1. The van der Waals surface area contributed by atoms with E-state index in [-0.39, 0.29) is 0 Å². The van der Waals surface area contributed by atoms with Gasteiger partial charge in [-0.2, -0.15) is 0 Å². The van der Waals surface area contributed by atoms with E-state index in [2.05, 4.69) is 60.3 Å². The Morgan fingerprint density at radius 2 is 1.85 bits per heavy atom. The van der Waals surface area contributed by atoms with Crippen molar-refractivity contribution in [1.29, 1.82) is 0 Å². The Balaban J connectivity index is 1.52. The van der Waals surface area contributed by atoms with Crippen LogP contribution in [0.2, 0.25) is 0 Å². The summed E-state index contributed by atoms with van der Waals surface area (Å²) in [7, 11) is 2.36. The lowest BCUT2D eigenvalue weighted by molar-refractivity contribution is 0.0691. The smallest absolute Gasteiger partial charge is 0.173 e. The van der Waals surface area contributed by atoms with Gasteiger partial charge in [-0.25, -0.2) is 0 Å². The molecule has 2 unspecified atom stereocenters. The van der Waals surface area contributed by atoms with Gasteiger partial charge in [-0.1, -0.05) is 44.9 Å². The van der Waals surface area contributed by atoms with Crippen LogP contribution in [0.1, 0.15) is 57.9 Å². The molecule has 3 rings (SSSR count). The SMILES string of the molecule is CCc1ccccc1NC(=S)N1CCC(N(C)C2CCCCC2C)CC1. The van der Waals surface area contributed by atoms with Gasteiger partial charge in [0.05, 0.1) is 0 Å². The molecule has 1 saturated carbocycles. The van der Waals surface area contributed by atoms with Crippen molar-refractivity contribution in [3.05, 3.63) is 29.8 Å². The molecule has 1 aliphatic heterocycles. The van der Waals surface area contributed by atoms with Crippen LogP contribution in [0, 0.1) is 5.92 Å². The Morgan fingerprint density at radius 3 is 2.54 bits per heavy atom. The van der Waals surface area contributed by atoms with Crippen molar-refractivity contribution in [3.8, 4) is 0 Å². The molecular formula is C22H35N3S. The maximum atomic E-state index is 5.71. The van der Waals surface area contributed by atoms with Crippen LogP contribution >= 0.6 is 12.2 Å². The maximum absolute atomic E-state index is 5.71. The lowest BCUT2D eigenvalue weighted by atomic mass is 9.84. The minimum absolute atomic E-state index is 0.711. The zero-order valence-corrected chi connectivity index (χ0v) is 17.5. The molecule has 0 aromatic heterocycles. The predicted octanol–water partition coefficient (Wildman–Crippen LogP) is 4.92. The first-order chi connectivity index (χ1) is 12.6. The third-order valence-corrected chi connectivity index (χ3v) is 6.92. The van der Waals surface area contributed by atoms with Crippen molar-refractivity contribution in [2.45, 2.75) is 70.9 Å². The zero-order valence-electron chi connectivity index (χ0n) is 16.7. The average molecular weight is 374 g/mol. The summed E-state index contributed by atoms with van der Waals surface area (Å²) >= 11 is 5.71. The number of piperidine rings is 1. The second kappa shape index (κ2) is 9.18. The van der Waals surface area contributed by atoms with Crippen LogP contribution in [-0.2, 0) is 6.42 Å². The van der Waals surface area contributed by atoms with Crippen molar-refractivity contribution in [2.24, 2.45) is 5.92 Å². The summed E-state index contributed by atoms with van der Waals surface area (Å²) in [5, 5.41) is 4.38. The van der Waals surface area contributed by atoms with E-state index in [9.17, 15) is 0 Å². The number of nitrogens with zero attached hydrogens (tertiary/aromatic N) is 2. The number of anilines is 1. The van der Waals surface area contributed by atoms with Crippen molar-refractivity contribution >= 4 is 23.0 Å². The standard InChI is InChI=1S/C22H35N3S/c1-4-18-10-6-7-11-20(18)23-22(26)25-15-13-19(14-16-25)24(3)21-12-8-5-9-17(21)2/h6-7,10-11,17,19,21H,4-5,8-9,12-16H2,1-3H3,(H,23,26). The second-order valence-electron chi connectivity index (χ2n) is 8.15. The topological polar surface area (TPSA) is 18.5 Å². The van der Waals surface area contributed by atoms with Crippen molar-refractivity contribution < 1.29 is 0 Å². The number of nitrogens with one attached hydrogen (secondary N) is 1. The van der Waals surface area contributed by atoms with Crippen LogP contribution in [-0.4, -0.2) is 47.1 Å². The molecule has 4 heteroatoms. The van der Waals surface area contributed by atoms with Crippen LogP contribution in [0.4, 0.5) is 5.69 Å². The fourth-order valence-corrected chi connectivity index (χ4v) is 5.09. The van der Waals surface area contributed by atoms with Gasteiger partial charge in [0.1, 0.15) is 0 Å². The predicted molar refractivity (Wildman–Crippen MR) is 116 cm³/mol. The van der Waals surface area contributed by atoms with Gasteiger partial charge < -0.3 is 15.1 Å². The Morgan fingerprint density at radius 1 is 1.15 bits per heavy atom. The number of rotatable bonds is 4. The molecule has 2 fully saturated rings. The molecule has 144 valence electrons. The van der Waals surface area contributed by atoms with Crippen LogP contribution in [0.5, 0.6) is 0 Å². The molecule has 1 aromatic carbocycles. The van der Waals surface area contributed by atoms with Crippen molar-refractivity contribution in [2.75, 3.05) is 25.5 Å². The van der Waals surface area contributed by atoms with Crippen LogP contribution in [0.15, 0.2) is 24.3 Å². The lowest BCUT2D eigenvalue weighted by Crippen LogP contribution is -2.51. The van der Waals surface area contributed by atoms with Crippen molar-refractivity contribution in [1.82, 2.24) is 9.80 Å². The molecule has 1 aromatic rings. The van der Waals surface area contributed by atoms with E-state index in [0.717, 1.165) is 42.3 Å². The lowest BCUT2D eigenvalue weighted by Gasteiger charge is -2.44. The molecule has 1 aliphatic carbocycles. The van der Waals surface area contributed by atoms with Crippen LogP contribution < -0.4 is 5.32 Å². The normalized spacial score (nSPS) is 24.7. The first-order valence-corrected chi connectivity index (χ1v) is 10.9. The van der Waals surface area contributed by atoms with E-state index in [1.807, 2.05) is 0 Å². The van der Waals surface area contributed by atoms with Gasteiger partial charge in [0, 0.05) is 30.9 Å². The van der Waals surface area contributed by atoms with Gasteiger partial charge in [-0.3, -0.25) is 0 Å². The fraction of sp³-hybridized carbons (Fsp3) is 0.682. The summed E-state index contributed by atoms with van der Waals surface area (Å²) in [6, 6.07) is 9.98. The first-order valence-electron chi connectivity index (χ1n) is 10.5. The van der Waals surface area contributed by atoms with E-state index >= 15 is 0 Å². The third-order valence-electron chi connectivity index (χ3n) is 6.56. The number of para-hydroxylation sites is 1. The van der Waals surface area contributed by atoms with Crippen LogP contribution in [0.25, 0.3) is 0 Å². The highest BCUT2D eigenvalue weighted by atomic mass is 32.1. The van der Waals surface area contributed by atoms with E-state index < -0.39 is 0 Å². The Bertz CT molecular complexity index is 595. The minimum atomic E-state index is 0.711. The largest absolute Gasteiger partial charge is 0.349 e. The van der Waals surface area contributed by atoms with E-state index in [0.29, 0.717) is 6.04 Å². The van der Waals surface area contributed by atoms with Gasteiger partial charge >= 0.3 is 0 Å². The van der Waals surface area contributed by atoms with Gasteiger partial charge in [0.25, 0.3) is 0 Å². The molecule has 0 radical (unpaired) electrons. The minimum Gasteiger partial charge on any atom is -0.349 e. The molecule has 26 heavy (non-hydrogen) atoms. The summed E-state index contributed by atoms with van der Waals surface area (Å²) in [6.45, 7) is 6.77. The van der Waals surface area contributed by atoms with Gasteiger partial charge in [-0.15, -0.1) is 0 Å². The average Bonchev–Trinajstić information content (AvgIpc) is 2.68. The molecule has 1 N–H and O–H groups in total. The number of hydrogen-bond acceptors (Lipinski definition) is 2. The monoisotopic (exact) mass is 373 g/mol. The van der Waals surface area contributed by atoms with Gasteiger partial charge in [0.2, 0.25) is 0 Å². The molecule has 3 nitrogen and oxygen atoms in total. The number of likely N-dealkylation sites (tertiary alicyclic amines) is 1. The Labute approximate surface area is 165 Å². The number of benzene rings is 1. The summed E-state index contributed by atoms with van der Waals surface area (Å²) < 4.78 is 0. The third kappa shape index (κ3) is 4.58. The molecule has 1 heterocycles. The van der Waals surface area contributed by atoms with Crippen LogP contribution in [0.3, 0.4) is 0 Å². The van der Waals surface area contributed by atoms with Crippen molar-refractivity contribution in [3.63, 3.8) is 0 Å². The quantitative estimate of drug-likeness (QED) is 0.755. The summed E-state index contributed by atoms with van der Waals surface area (Å²) in [4.78, 5) is 5.06. The highest BCUT2D eigenvalue weighted by Gasteiger charge is 2.31. The molecule has 0 bridgehead atoms. The number of hydrogen-bond donors (Lipinski definition) is 1. The second-order valence-corrected chi connectivity index (χ2v) is 8.54. The van der Waals surface area contributed by atoms with Gasteiger partial charge in [0.15, 0.2) is 5.11 Å². The highest BCUT2D eigenvalue weighted by Crippen LogP contribution is 2.30. The Hall–Kier alpha value is -1.13. The first kappa shape index (κ1) is 19.6. The van der Waals surface area contributed by atoms with E-state index in [4.69, 9.17) is 12.2 Å². The van der Waals surface area contributed by atoms with Gasteiger partial charge in [-0.05, 0) is 68.9 Å². The van der Waals surface area contributed by atoms with E-state index in [1.54, 1.807) is 0 Å². The maximum Gasteiger partial charge on any atom is 0.173 e. The zero-order chi connectivity index (χ0) is 18.5. The molecule has 0 spiro atoms. The summed E-state index contributed by atoms with van der Waals surface area (Å²) in [5.74, 6) is 0.847. The fourth-order valence-electron chi connectivity index (χ4n) is 4.79. The molecule has 0 amide bonds.